The van der Waals surface area contributed by atoms with E-state index < -0.39 is 0 Å². The van der Waals surface area contributed by atoms with E-state index in [1.165, 1.54) is 5.69 Å². The van der Waals surface area contributed by atoms with Crippen molar-refractivity contribution in [1.82, 2.24) is 19.8 Å². The predicted octanol–water partition coefficient (Wildman–Crippen LogP) is 1.36. The van der Waals surface area contributed by atoms with Crippen molar-refractivity contribution in [3.63, 3.8) is 0 Å². The number of benzene rings is 1. The van der Waals surface area contributed by atoms with Crippen LogP contribution in [0.5, 0.6) is 0 Å². The highest BCUT2D eigenvalue weighted by Crippen LogP contribution is 2.15. The Morgan fingerprint density at radius 3 is 2.54 bits per heavy atom. The van der Waals surface area contributed by atoms with Crippen LogP contribution in [0.3, 0.4) is 0 Å². The molecule has 3 rings (SSSR count). The minimum atomic E-state index is -0.113. The molecule has 2 aromatic rings. The number of carbonyl (C=O) groups excluding carboxylic acids is 1. The number of aryl methyl sites for hydroxylation is 1. The van der Waals surface area contributed by atoms with Crippen LogP contribution in [0.4, 0.5) is 5.69 Å². The van der Waals surface area contributed by atoms with Crippen LogP contribution in [0.15, 0.2) is 42.7 Å². The topological polar surface area (TPSA) is 53.4 Å². The number of para-hydroxylation sites is 1. The van der Waals surface area contributed by atoms with E-state index in [9.17, 15) is 4.79 Å². The molecule has 1 saturated heterocycles. The lowest BCUT2D eigenvalue weighted by atomic mass is 10.2. The summed E-state index contributed by atoms with van der Waals surface area (Å²) in [5.74, 6) is 0.341. The molecule has 0 unspecified atom stereocenters. The minimum absolute atomic E-state index is 0.0949. The fraction of sp³-hybridized carbons (Fsp3) is 0.444. The van der Waals surface area contributed by atoms with Gasteiger partial charge in [-0.1, -0.05) is 18.2 Å². The summed E-state index contributed by atoms with van der Waals surface area (Å²) in [6.07, 6.45) is 3.42. The van der Waals surface area contributed by atoms with E-state index in [1.54, 1.807) is 17.0 Å². The van der Waals surface area contributed by atoms with Crippen molar-refractivity contribution < 1.29 is 4.79 Å². The van der Waals surface area contributed by atoms with Gasteiger partial charge in [0.2, 0.25) is 0 Å². The van der Waals surface area contributed by atoms with E-state index in [0.29, 0.717) is 5.82 Å². The zero-order chi connectivity index (χ0) is 16.9. The molecule has 1 aromatic carbocycles. The Kier molecular flexibility index (Phi) is 5.15. The van der Waals surface area contributed by atoms with Crippen LogP contribution in [0.1, 0.15) is 17.5 Å². The molecule has 0 saturated carbocycles. The number of anilines is 1. The standard InChI is InChI=1S/C18H25N5O/c1-15(20-18(24)17-19-8-9-21(17)2)14-22-10-12-23(13-11-22)16-6-4-3-5-7-16/h3-9,15H,10-14H2,1-2H3,(H,20,24)/t15-/m1/s1. The Hall–Kier alpha value is -2.34. The highest BCUT2D eigenvalue weighted by Gasteiger charge is 2.20. The van der Waals surface area contributed by atoms with E-state index in [4.69, 9.17) is 0 Å². The number of piperazine rings is 1. The summed E-state index contributed by atoms with van der Waals surface area (Å²) in [5.41, 5.74) is 1.29. The van der Waals surface area contributed by atoms with Gasteiger partial charge in [-0.25, -0.2) is 4.98 Å². The average Bonchev–Trinajstić information content (AvgIpc) is 3.02. The highest BCUT2D eigenvalue weighted by molar-refractivity contribution is 5.90. The first-order chi connectivity index (χ1) is 11.6. The number of aromatic nitrogens is 2. The van der Waals surface area contributed by atoms with Crippen molar-refractivity contribution in [2.75, 3.05) is 37.6 Å². The second-order valence-electron chi connectivity index (χ2n) is 6.36. The van der Waals surface area contributed by atoms with E-state index in [1.807, 2.05) is 20.0 Å². The highest BCUT2D eigenvalue weighted by atomic mass is 16.2. The third-order valence-corrected chi connectivity index (χ3v) is 4.43. The summed E-state index contributed by atoms with van der Waals surface area (Å²) in [7, 11) is 1.83. The number of hydrogen-bond acceptors (Lipinski definition) is 4. The molecule has 24 heavy (non-hydrogen) atoms. The van der Waals surface area contributed by atoms with Gasteiger partial charge in [0.05, 0.1) is 0 Å². The lowest BCUT2D eigenvalue weighted by Gasteiger charge is -2.37. The van der Waals surface area contributed by atoms with Crippen molar-refractivity contribution >= 4 is 11.6 Å². The van der Waals surface area contributed by atoms with Gasteiger partial charge < -0.3 is 14.8 Å². The summed E-state index contributed by atoms with van der Waals surface area (Å²) >= 11 is 0. The molecule has 1 aliphatic rings. The summed E-state index contributed by atoms with van der Waals surface area (Å²) in [5, 5.41) is 3.04. The first kappa shape index (κ1) is 16.5. The van der Waals surface area contributed by atoms with Gasteiger partial charge in [-0.2, -0.15) is 0 Å². The fourth-order valence-electron chi connectivity index (χ4n) is 3.13. The monoisotopic (exact) mass is 327 g/mol. The summed E-state index contributed by atoms with van der Waals surface area (Å²) in [6.45, 7) is 6.96. The van der Waals surface area contributed by atoms with Gasteiger partial charge >= 0.3 is 0 Å². The van der Waals surface area contributed by atoms with Gasteiger partial charge in [-0.05, 0) is 19.1 Å². The summed E-state index contributed by atoms with van der Waals surface area (Å²) in [6, 6.07) is 10.6. The maximum Gasteiger partial charge on any atom is 0.287 e. The van der Waals surface area contributed by atoms with Gasteiger partial charge in [0.1, 0.15) is 0 Å². The molecular weight excluding hydrogens is 302 g/mol. The molecule has 1 aromatic heterocycles. The lowest BCUT2D eigenvalue weighted by Crippen LogP contribution is -2.51. The van der Waals surface area contributed by atoms with Crippen LogP contribution in [-0.2, 0) is 7.05 Å². The first-order valence-electron chi connectivity index (χ1n) is 8.44. The minimum Gasteiger partial charge on any atom is -0.369 e. The van der Waals surface area contributed by atoms with E-state index in [-0.39, 0.29) is 11.9 Å². The average molecular weight is 327 g/mol. The first-order valence-corrected chi connectivity index (χ1v) is 8.44. The molecule has 1 N–H and O–H groups in total. The molecule has 1 aliphatic heterocycles. The Bertz CT molecular complexity index is 661. The Morgan fingerprint density at radius 1 is 1.21 bits per heavy atom. The molecule has 0 radical (unpaired) electrons. The van der Waals surface area contributed by atoms with Crippen LogP contribution in [0.25, 0.3) is 0 Å². The number of nitrogens with one attached hydrogen (secondary N) is 1. The van der Waals surface area contributed by atoms with Crippen molar-refractivity contribution in [3.05, 3.63) is 48.5 Å². The molecule has 128 valence electrons. The molecular formula is C18H25N5O. The predicted molar refractivity (Wildman–Crippen MR) is 95.2 cm³/mol. The Labute approximate surface area is 143 Å². The van der Waals surface area contributed by atoms with Crippen LogP contribution >= 0.6 is 0 Å². The number of hydrogen-bond donors (Lipinski definition) is 1. The molecule has 1 atom stereocenters. The molecule has 0 aliphatic carbocycles. The zero-order valence-corrected chi connectivity index (χ0v) is 14.4. The van der Waals surface area contributed by atoms with Crippen LogP contribution < -0.4 is 10.2 Å². The zero-order valence-electron chi connectivity index (χ0n) is 14.4. The molecule has 1 amide bonds. The van der Waals surface area contributed by atoms with Crippen molar-refractivity contribution in [3.8, 4) is 0 Å². The van der Waals surface area contributed by atoms with Gasteiger partial charge in [0.15, 0.2) is 5.82 Å². The van der Waals surface area contributed by atoms with Gasteiger partial charge in [0.25, 0.3) is 5.91 Å². The number of imidazole rings is 1. The van der Waals surface area contributed by atoms with Gasteiger partial charge in [-0.15, -0.1) is 0 Å². The maximum absolute atomic E-state index is 12.2. The van der Waals surface area contributed by atoms with Crippen LogP contribution in [0.2, 0.25) is 0 Å². The molecule has 6 nitrogen and oxygen atoms in total. The quantitative estimate of drug-likeness (QED) is 0.901. The molecule has 2 heterocycles. The fourth-order valence-corrected chi connectivity index (χ4v) is 3.13. The summed E-state index contributed by atoms with van der Waals surface area (Å²) < 4.78 is 1.74. The van der Waals surface area contributed by atoms with Gasteiger partial charge in [0, 0.05) is 63.9 Å². The number of carbonyl (C=O) groups is 1. The van der Waals surface area contributed by atoms with Crippen molar-refractivity contribution in [2.45, 2.75) is 13.0 Å². The normalized spacial score (nSPS) is 16.8. The SMILES string of the molecule is C[C@H](CN1CCN(c2ccccc2)CC1)NC(=O)c1nccn1C. The number of amides is 1. The molecule has 0 spiro atoms. The van der Waals surface area contributed by atoms with E-state index >= 15 is 0 Å². The maximum atomic E-state index is 12.2. The third-order valence-electron chi connectivity index (χ3n) is 4.43. The molecule has 6 heteroatoms. The number of nitrogens with zero attached hydrogens (tertiary/aromatic N) is 4. The summed E-state index contributed by atoms with van der Waals surface area (Å²) in [4.78, 5) is 21.1. The second-order valence-corrected chi connectivity index (χ2v) is 6.36. The van der Waals surface area contributed by atoms with Gasteiger partial charge in [-0.3, -0.25) is 9.69 Å². The van der Waals surface area contributed by atoms with Crippen LogP contribution in [-0.4, -0.2) is 59.1 Å². The Balaban J connectivity index is 1.46. The lowest BCUT2D eigenvalue weighted by molar-refractivity contribution is 0.0914. The van der Waals surface area contributed by atoms with Crippen LogP contribution in [0, 0.1) is 0 Å². The molecule has 1 fully saturated rings. The van der Waals surface area contributed by atoms with Crippen molar-refractivity contribution in [1.29, 1.82) is 0 Å². The largest absolute Gasteiger partial charge is 0.369 e. The number of rotatable bonds is 5. The molecule has 0 bridgehead atoms. The van der Waals surface area contributed by atoms with Crippen molar-refractivity contribution in [2.24, 2.45) is 7.05 Å². The van der Waals surface area contributed by atoms with E-state index in [2.05, 4.69) is 44.4 Å². The third kappa shape index (κ3) is 3.94. The second kappa shape index (κ2) is 7.49. The smallest absolute Gasteiger partial charge is 0.287 e. The van der Waals surface area contributed by atoms with E-state index in [0.717, 1.165) is 32.7 Å². The Morgan fingerprint density at radius 2 is 1.92 bits per heavy atom.